The van der Waals surface area contributed by atoms with Crippen LogP contribution in [-0.2, 0) is 0 Å². The van der Waals surface area contributed by atoms with Crippen molar-refractivity contribution in [2.24, 2.45) is 5.92 Å². The summed E-state index contributed by atoms with van der Waals surface area (Å²) < 4.78 is 0. The summed E-state index contributed by atoms with van der Waals surface area (Å²) in [6, 6.07) is 0. The van der Waals surface area contributed by atoms with E-state index in [1.165, 1.54) is 25.0 Å². The summed E-state index contributed by atoms with van der Waals surface area (Å²) in [4.78, 5) is 0. The van der Waals surface area contributed by atoms with Gasteiger partial charge in [0.05, 0.1) is 0 Å². The SMILES string of the molecule is CCC1SCCCC1C. The fraction of sp³-hybridized carbons (Fsp3) is 1.00. The van der Waals surface area contributed by atoms with Crippen molar-refractivity contribution < 1.29 is 0 Å². The van der Waals surface area contributed by atoms with Crippen molar-refractivity contribution in [3.8, 4) is 0 Å². The molecule has 0 bridgehead atoms. The molecule has 1 heterocycles. The van der Waals surface area contributed by atoms with Gasteiger partial charge in [0.25, 0.3) is 0 Å². The normalized spacial score (nSPS) is 36.7. The van der Waals surface area contributed by atoms with Crippen LogP contribution in [0.25, 0.3) is 0 Å². The van der Waals surface area contributed by atoms with E-state index < -0.39 is 0 Å². The fourth-order valence-electron chi connectivity index (χ4n) is 1.51. The van der Waals surface area contributed by atoms with Crippen LogP contribution in [0.1, 0.15) is 33.1 Å². The zero-order valence-electron chi connectivity index (χ0n) is 6.39. The molecule has 1 fully saturated rings. The van der Waals surface area contributed by atoms with E-state index in [2.05, 4.69) is 25.6 Å². The largest absolute Gasteiger partial charge is 0.158 e. The molecule has 1 aliphatic heterocycles. The van der Waals surface area contributed by atoms with Gasteiger partial charge < -0.3 is 0 Å². The van der Waals surface area contributed by atoms with Crippen LogP contribution in [0.3, 0.4) is 0 Å². The molecule has 0 aromatic heterocycles. The highest BCUT2D eigenvalue weighted by molar-refractivity contribution is 7.99. The lowest BCUT2D eigenvalue weighted by Crippen LogP contribution is -2.18. The van der Waals surface area contributed by atoms with E-state index in [1.54, 1.807) is 0 Å². The first-order valence-electron chi connectivity index (χ1n) is 3.96. The van der Waals surface area contributed by atoms with Crippen LogP contribution in [0.15, 0.2) is 0 Å². The molecule has 0 amide bonds. The molecule has 1 saturated heterocycles. The summed E-state index contributed by atoms with van der Waals surface area (Å²) in [5, 5.41) is 0.971. The number of hydrogen-bond donors (Lipinski definition) is 0. The van der Waals surface area contributed by atoms with E-state index in [0.717, 1.165) is 11.2 Å². The third-order valence-electron chi connectivity index (χ3n) is 2.17. The lowest BCUT2D eigenvalue weighted by Gasteiger charge is -2.26. The van der Waals surface area contributed by atoms with Gasteiger partial charge in [0.1, 0.15) is 0 Å². The Bertz CT molecular complexity index is 80.6. The quantitative estimate of drug-likeness (QED) is 0.545. The van der Waals surface area contributed by atoms with Crippen molar-refractivity contribution in [3.63, 3.8) is 0 Å². The second-order valence-electron chi connectivity index (χ2n) is 2.94. The van der Waals surface area contributed by atoms with Crippen LogP contribution in [0.2, 0.25) is 0 Å². The van der Waals surface area contributed by atoms with Gasteiger partial charge in [0, 0.05) is 5.25 Å². The van der Waals surface area contributed by atoms with Crippen molar-refractivity contribution in [1.82, 2.24) is 0 Å². The van der Waals surface area contributed by atoms with Gasteiger partial charge in [-0.2, -0.15) is 11.8 Å². The molecule has 54 valence electrons. The zero-order chi connectivity index (χ0) is 6.69. The van der Waals surface area contributed by atoms with Gasteiger partial charge >= 0.3 is 0 Å². The molecule has 0 saturated carbocycles. The van der Waals surface area contributed by atoms with Gasteiger partial charge in [-0.3, -0.25) is 0 Å². The predicted octanol–water partition coefficient (Wildman–Crippen LogP) is 2.93. The summed E-state index contributed by atoms with van der Waals surface area (Å²) in [5.41, 5.74) is 0. The van der Waals surface area contributed by atoms with E-state index in [9.17, 15) is 0 Å². The van der Waals surface area contributed by atoms with E-state index >= 15 is 0 Å². The minimum Gasteiger partial charge on any atom is -0.158 e. The first-order valence-corrected chi connectivity index (χ1v) is 5.01. The Morgan fingerprint density at radius 1 is 1.56 bits per heavy atom. The van der Waals surface area contributed by atoms with Crippen LogP contribution < -0.4 is 0 Å². The molecular weight excluding hydrogens is 128 g/mol. The lowest BCUT2D eigenvalue weighted by molar-refractivity contribution is 0.480. The third-order valence-corrected chi connectivity index (χ3v) is 3.92. The summed E-state index contributed by atoms with van der Waals surface area (Å²) in [6.07, 6.45) is 4.28. The van der Waals surface area contributed by atoms with Crippen molar-refractivity contribution in [3.05, 3.63) is 0 Å². The Balaban J connectivity index is 2.30. The van der Waals surface area contributed by atoms with Gasteiger partial charge in [-0.1, -0.05) is 13.8 Å². The summed E-state index contributed by atoms with van der Waals surface area (Å²) in [6.45, 7) is 4.69. The molecule has 1 heteroatoms. The highest BCUT2D eigenvalue weighted by atomic mass is 32.2. The Kier molecular flexibility index (Phi) is 2.90. The van der Waals surface area contributed by atoms with Crippen LogP contribution in [0.4, 0.5) is 0 Å². The fourth-order valence-corrected chi connectivity index (χ4v) is 2.85. The highest BCUT2D eigenvalue weighted by Gasteiger charge is 2.19. The molecule has 0 spiro atoms. The zero-order valence-corrected chi connectivity index (χ0v) is 7.21. The van der Waals surface area contributed by atoms with Crippen molar-refractivity contribution in [1.29, 1.82) is 0 Å². The van der Waals surface area contributed by atoms with Gasteiger partial charge in [-0.05, 0) is 30.9 Å². The minimum atomic E-state index is 0.971. The van der Waals surface area contributed by atoms with Crippen molar-refractivity contribution in [2.45, 2.75) is 38.4 Å². The predicted molar refractivity (Wildman–Crippen MR) is 44.9 cm³/mol. The van der Waals surface area contributed by atoms with E-state index in [1.807, 2.05) is 0 Å². The summed E-state index contributed by atoms with van der Waals surface area (Å²) >= 11 is 2.17. The highest BCUT2D eigenvalue weighted by Crippen LogP contribution is 2.31. The Labute approximate surface area is 62.4 Å². The number of rotatable bonds is 1. The van der Waals surface area contributed by atoms with Gasteiger partial charge in [0.15, 0.2) is 0 Å². The first-order chi connectivity index (χ1) is 4.34. The maximum atomic E-state index is 2.39. The Morgan fingerprint density at radius 2 is 2.33 bits per heavy atom. The maximum Gasteiger partial charge on any atom is 0.00700 e. The minimum absolute atomic E-state index is 0.971. The molecule has 1 rings (SSSR count). The van der Waals surface area contributed by atoms with E-state index in [4.69, 9.17) is 0 Å². The molecule has 0 N–H and O–H groups in total. The van der Waals surface area contributed by atoms with Gasteiger partial charge in [0.2, 0.25) is 0 Å². The first kappa shape index (κ1) is 7.46. The lowest BCUT2D eigenvalue weighted by atomic mass is 10.00. The van der Waals surface area contributed by atoms with Crippen LogP contribution in [-0.4, -0.2) is 11.0 Å². The molecule has 1 aliphatic rings. The average molecular weight is 144 g/mol. The maximum absolute atomic E-state index is 2.39. The molecule has 0 radical (unpaired) electrons. The van der Waals surface area contributed by atoms with Crippen molar-refractivity contribution in [2.75, 3.05) is 5.75 Å². The number of hydrogen-bond acceptors (Lipinski definition) is 1. The molecule has 0 nitrogen and oxygen atoms in total. The Hall–Kier alpha value is 0.350. The molecule has 9 heavy (non-hydrogen) atoms. The topological polar surface area (TPSA) is 0 Å². The van der Waals surface area contributed by atoms with Crippen LogP contribution in [0, 0.1) is 5.92 Å². The summed E-state index contributed by atoms with van der Waals surface area (Å²) in [7, 11) is 0. The molecule has 0 aliphatic carbocycles. The smallest absolute Gasteiger partial charge is 0.00700 e. The van der Waals surface area contributed by atoms with Crippen LogP contribution >= 0.6 is 11.8 Å². The standard InChI is InChI=1S/C8H16S/c1-3-8-7(2)5-4-6-9-8/h7-8H,3-6H2,1-2H3. The van der Waals surface area contributed by atoms with Crippen LogP contribution in [0.5, 0.6) is 0 Å². The second kappa shape index (κ2) is 3.50. The van der Waals surface area contributed by atoms with Gasteiger partial charge in [-0.15, -0.1) is 0 Å². The molecule has 2 unspecified atom stereocenters. The second-order valence-corrected chi connectivity index (χ2v) is 4.28. The monoisotopic (exact) mass is 144 g/mol. The summed E-state index contributed by atoms with van der Waals surface area (Å²) in [5.74, 6) is 2.39. The molecule has 0 aromatic rings. The third kappa shape index (κ3) is 1.89. The molecule has 2 atom stereocenters. The van der Waals surface area contributed by atoms with Gasteiger partial charge in [-0.25, -0.2) is 0 Å². The molecule has 0 aromatic carbocycles. The van der Waals surface area contributed by atoms with E-state index in [-0.39, 0.29) is 0 Å². The van der Waals surface area contributed by atoms with Crippen molar-refractivity contribution >= 4 is 11.8 Å². The average Bonchev–Trinajstić information content (AvgIpc) is 1.89. The molecular formula is C8H16S. The van der Waals surface area contributed by atoms with E-state index in [0.29, 0.717) is 0 Å². The Morgan fingerprint density at radius 3 is 2.78 bits per heavy atom. The number of thioether (sulfide) groups is 1.